The van der Waals surface area contributed by atoms with Crippen molar-refractivity contribution in [3.05, 3.63) is 90.1 Å². The topological polar surface area (TPSA) is 79.0 Å². The number of anilines is 3. The Hall–Kier alpha value is -4.39. The molecule has 0 unspecified atom stereocenters. The van der Waals surface area contributed by atoms with Crippen LogP contribution in [-0.4, -0.2) is 31.4 Å². The number of methoxy groups -OCH3 is 1. The summed E-state index contributed by atoms with van der Waals surface area (Å²) in [4.78, 5) is 42.0. The van der Waals surface area contributed by atoms with Crippen LogP contribution in [0.4, 0.5) is 17.1 Å². The average Bonchev–Trinajstić information content (AvgIpc) is 3.10. The highest BCUT2D eigenvalue weighted by atomic mass is 16.5. The molecular formula is C27H25N3O4. The molecule has 1 aliphatic rings. The van der Waals surface area contributed by atoms with E-state index in [2.05, 4.69) is 5.32 Å². The Morgan fingerprint density at radius 3 is 2.26 bits per heavy atom. The summed E-state index contributed by atoms with van der Waals surface area (Å²) in [6.07, 6.45) is 0. The number of rotatable bonds is 7. The largest absolute Gasteiger partial charge is 0.497 e. The van der Waals surface area contributed by atoms with Crippen molar-refractivity contribution in [3.63, 3.8) is 0 Å². The first-order chi connectivity index (χ1) is 16.4. The number of nitrogens with zero attached hydrogens (tertiary/aromatic N) is 2. The maximum atomic E-state index is 13.8. The summed E-state index contributed by atoms with van der Waals surface area (Å²) in [7, 11) is 1.53. The van der Waals surface area contributed by atoms with Crippen molar-refractivity contribution >= 4 is 40.4 Å². The van der Waals surface area contributed by atoms with Crippen molar-refractivity contribution < 1.29 is 19.1 Å². The van der Waals surface area contributed by atoms with Crippen LogP contribution in [0.1, 0.15) is 19.4 Å². The number of hydrogen-bond donors (Lipinski definition) is 1. The molecule has 0 spiro atoms. The van der Waals surface area contributed by atoms with Gasteiger partial charge < -0.3 is 15.0 Å². The van der Waals surface area contributed by atoms with E-state index < -0.39 is 11.8 Å². The van der Waals surface area contributed by atoms with Crippen molar-refractivity contribution in [1.82, 2.24) is 0 Å². The predicted molar refractivity (Wildman–Crippen MR) is 133 cm³/mol. The Kier molecular flexibility index (Phi) is 6.45. The van der Waals surface area contributed by atoms with Crippen LogP contribution in [0.2, 0.25) is 0 Å². The lowest BCUT2D eigenvalue weighted by molar-refractivity contribution is -0.120. The molecular weight excluding hydrogens is 430 g/mol. The van der Waals surface area contributed by atoms with Crippen LogP contribution in [0, 0.1) is 0 Å². The van der Waals surface area contributed by atoms with Crippen LogP contribution in [0.3, 0.4) is 0 Å². The first-order valence-corrected chi connectivity index (χ1v) is 10.9. The summed E-state index contributed by atoms with van der Waals surface area (Å²) in [6.45, 7) is 3.85. The number of para-hydroxylation sites is 1. The van der Waals surface area contributed by atoms with E-state index in [0.29, 0.717) is 40.5 Å². The highest BCUT2D eigenvalue weighted by Crippen LogP contribution is 2.37. The van der Waals surface area contributed by atoms with Crippen molar-refractivity contribution in [3.8, 4) is 5.75 Å². The second-order valence-electron chi connectivity index (χ2n) is 7.71. The van der Waals surface area contributed by atoms with Gasteiger partial charge in [-0.1, -0.05) is 36.4 Å². The van der Waals surface area contributed by atoms with Crippen molar-refractivity contribution in [2.75, 3.05) is 28.8 Å². The van der Waals surface area contributed by atoms with E-state index in [0.717, 1.165) is 5.69 Å². The molecule has 0 radical (unpaired) electrons. The molecule has 3 aromatic rings. The first-order valence-electron chi connectivity index (χ1n) is 10.9. The van der Waals surface area contributed by atoms with Gasteiger partial charge in [-0.15, -0.1) is 0 Å². The van der Waals surface area contributed by atoms with Crippen LogP contribution in [-0.2, 0) is 14.4 Å². The Labute approximate surface area is 198 Å². The molecule has 3 amide bonds. The van der Waals surface area contributed by atoms with Gasteiger partial charge in [-0.3, -0.25) is 14.4 Å². The molecule has 7 nitrogen and oxygen atoms in total. The fraction of sp³-hybridized carbons (Fsp3) is 0.148. The molecule has 0 aromatic heterocycles. The van der Waals surface area contributed by atoms with Crippen LogP contribution in [0.15, 0.2) is 84.6 Å². The highest BCUT2D eigenvalue weighted by Gasteiger charge is 2.42. The van der Waals surface area contributed by atoms with Gasteiger partial charge in [0.1, 0.15) is 11.4 Å². The van der Waals surface area contributed by atoms with Gasteiger partial charge in [0.15, 0.2) is 0 Å². The highest BCUT2D eigenvalue weighted by molar-refractivity contribution is 6.46. The van der Waals surface area contributed by atoms with Gasteiger partial charge in [0.05, 0.1) is 18.4 Å². The number of carbonyl (C=O) groups excluding carboxylic acids is 3. The summed E-state index contributed by atoms with van der Waals surface area (Å²) >= 11 is 0. The third-order valence-electron chi connectivity index (χ3n) is 5.52. The van der Waals surface area contributed by atoms with Gasteiger partial charge in [0.2, 0.25) is 5.91 Å². The molecule has 0 atom stereocenters. The Balaban J connectivity index is 1.86. The van der Waals surface area contributed by atoms with Crippen LogP contribution < -0.4 is 19.9 Å². The molecule has 0 saturated heterocycles. The summed E-state index contributed by atoms with van der Waals surface area (Å²) in [5.41, 5.74) is 3.03. The fourth-order valence-corrected chi connectivity index (χ4v) is 4.01. The van der Waals surface area contributed by atoms with Crippen LogP contribution in [0.25, 0.3) is 5.57 Å². The van der Waals surface area contributed by atoms with Gasteiger partial charge in [-0.25, -0.2) is 4.90 Å². The van der Waals surface area contributed by atoms with Crippen LogP contribution in [0.5, 0.6) is 5.75 Å². The lowest BCUT2D eigenvalue weighted by Crippen LogP contribution is -2.35. The summed E-state index contributed by atoms with van der Waals surface area (Å²) in [5, 5.41) is 2.72. The number of ether oxygens (including phenoxy) is 1. The maximum Gasteiger partial charge on any atom is 0.282 e. The monoisotopic (exact) mass is 455 g/mol. The molecule has 1 N–H and O–H groups in total. The molecule has 1 aliphatic heterocycles. The standard InChI is InChI=1S/C27H25N3O4/c1-4-29(21-9-6-5-7-10-21)25-24(19-13-15-20(16-14-19)28-18(2)31)26(32)30(27(25)33)22-11-8-12-23(17-22)34-3/h5-17H,4H2,1-3H3,(H,28,31). The Morgan fingerprint density at radius 1 is 0.941 bits per heavy atom. The quantitative estimate of drug-likeness (QED) is 0.532. The minimum Gasteiger partial charge on any atom is -0.497 e. The van der Waals surface area contributed by atoms with Crippen molar-refractivity contribution in [1.29, 1.82) is 0 Å². The van der Waals surface area contributed by atoms with E-state index in [1.165, 1.54) is 18.9 Å². The molecule has 0 saturated carbocycles. The number of carbonyl (C=O) groups is 3. The summed E-state index contributed by atoms with van der Waals surface area (Å²) < 4.78 is 5.30. The van der Waals surface area contributed by atoms with Crippen molar-refractivity contribution in [2.45, 2.75) is 13.8 Å². The lowest BCUT2D eigenvalue weighted by Gasteiger charge is -2.25. The fourth-order valence-electron chi connectivity index (χ4n) is 4.01. The second-order valence-corrected chi connectivity index (χ2v) is 7.71. The zero-order valence-electron chi connectivity index (χ0n) is 19.2. The molecule has 7 heteroatoms. The number of benzene rings is 3. The molecule has 0 aliphatic carbocycles. The predicted octanol–water partition coefficient (Wildman–Crippen LogP) is 4.46. The van der Waals surface area contributed by atoms with Gasteiger partial charge in [-0.05, 0) is 48.9 Å². The molecule has 0 bridgehead atoms. The minimum atomic E-state index is -0.421. The zero-order valence-corrected chi connectivity index (χ0v) is 19.2. The number of amides is 3. The first kappa shape index (κ1) is 22.8. The molecule has 34 heavy (non-hydrogen) atoms. The zero-order chi connectivity index (χ0) is 24.2. The van der Waals surface area contributed by atoms with Gasteiger partial charge >= 0.3 is 0 Å². The molecule has 1 heterocycles. The number of hydrogen-bond acceptors (Lipinski definition) is 5. The van der Waals surface area contributed by atoms with E-state index >= 15 is 0 Å². The van der Waals surface area contributed by atoms with E-state index in [-0.39, 0.29) is 5.91 Å². The second kappa shape index (κ2) is 9.62. The molecule has 4 rings (SSSR count). The number of imide groups is 1. The third kappa shape index (κ3) is 4.28. The normalized spacial score (nSPS) is 13.3. The SMILES string of the molecule is CCN(C1=C(c2ccc(NC(C)=O)cc2)C(=O)N(c2cccc(OC)c2)C1=O)c1ccccc1. The number of likely N-dealkylation sites (N-methyl/N-ethyl adjacent to an activating group) is 1. The van der Waals surface area contributed by atoms with E-state index in [1.54, 1.807) is 48.5 Å². The summed E-state index contributed by atoms with van der Waals surface area (Å²) in [5.74, 6) is -0.479. The van der Waals surface area contributed by atoms with E-state index in [4.69, 9.17) is 4.74 Å². The van der Waals surface area contributed by atoms with Crippen LogP contribution >= 0.6 is 0 Å². The van der Waals surface area contributed by atoms with Gasteiger partial charge in [-0.2, -0.15) is 0 Å². The number of nitrogens with one attached hydrogen (secondary N) is 1. The van der Waals surface area contributed by atoms with E-state index in [1.807, 2.05) is 42.2 Å². The molecule has 3 aromatic carbocycles. The average molecular weight is 456 g/mol. The maximum absolute atomic E-state index is 13.8. The molecule has 172 valence electrons. The van der Waals surface area contributed by atoms with Crippen molar-refractivity contribution in [2.24, 2.45) is 0 Å². The Morgan fingerprint density at radius 2 is 1.65 bits per heavy atom. The summed E-state index contributed by atoms with van der Waals surface area (Å²) in [6, 6.07) is 23.3. The molecule has 0 fully saturated rings. The van der Waals surface area contributed by atoms with Gasteiger partial charge in [0, 0.05) is 30.9 Å². The third-order valence-corrected chi connectivity index (χ3v) is 5.52. The lowest BCUT2D eigenvalue weighted by atomic mass is 10.0. The smallest absolute Gasteiger partial charge is 0.282 e. The van der Waals surface area contributed by atoms with E-state index in [9.17, 15) is 14.4 Å². The van der Waals surface area contributed by atoms with Gasteiger partial charge in [0.25, 0.3) is 11.8 Å². The minimum absolute atomic E-state index is 0.190. The Bertz CT molecular complexity index is 1270.